The van der Waals surface area contributed by atoms with Crippen LogP contribution in [0.25, 0.3) is 0 Å². The van der Waals surface area contributed by atoms with Gasteiger partial charge < -0.3 is 5.73 Å². The van der Waals surface area contributed by atoms with Crippen molar-refractivity contribution in [2.75, 3.05) is 5.73 Å². The first-order chi connectivity index (χ1) is 8.66. The number of hydrogen-bond acceptors (Lipinski definition) is 5. The Balaban J connectivity index is 2.14. The van der Waals surface area contributed by atoms with Crippen molar-refractivity contribution >= 4 is 23.1 Å². The fourth-order valence-electron chi connectivity index (χ4n) is 1.41. The summed E-state index contributed by atoms with van der Waals surface area (Å²) in [6, 6.07) is 10.1. The van der Waals surface area contributed by atoms with Crippen molar-refractivity contribution in [2.24, 2.45) is 0 Å². The Bertz CT molecular complexity index is 561. The summed E-state index contributed by atoms with van der Waals surface area (Å²) in [6.45, 7) is 0. The van der Waals surface area contributed by atoms with Gasteiger partial charge in [0.05, 0.1) is 9.95 Å². The molecule has 2 rings (SSSR count). The summed E-state index contributed by atoms with van der Waals surface area (Å²) in [6.07, 6.45) is 1.71. The monoisotopic (exact) mass is 261 g/mol. The molecule has 1 aromatic carbocycles. The van der Waals surface area contributed by atoms with E-state index in [4.69, 9.17) is 5.73 Å². The Morgan fingerprint density at radius 1 is 1.33 bits per heavy atom. The van der Waals surface area contributed by atoms with Crippen LogP contribution in [0.15, 0.2) is 47.6 Å². The van der Waals surface area contributed by atoms with E-state index in [2.05, 4.69) is 4.98 Å². The fourth-order valence-corrected chi connectivity index (χ4v) is 2.28. The van der Waals surface area contributed by atoms with Gasteiger partial charge in [-0.1, -0.05) is 6.07 Å². The maximum atomic E-state index is 10.7. The number of pyridine rings is 1. The van der Waals surface area contributed by atoms with Gasteiger partial charge >= 0.3 is 0 Å². The van der Waals surface area contributed by atoms with E-state index in [9.17, 15) is 10.1 Å². The zero-order chi connectivity index (χ0) is 13.0. The molecule has 6 heteroatoms. The number of hydrogen-bond donors (Lipinski definition) is 1. The maximum absolute atomic E-state index is 10.7. The summed E-state index contributed by atoms with van der Waals surface area (Å²) in [5.74, 6) is 0.560. The lowest BCUT2D eigenvalue weighted by atomic mass is 10.2. The second kappa shape index (κ2) is 5.50. The van der Waals surface area contributed by atoms with E-state index in [1.165, 1.54) is 23.9 Å². The number of nitro groups is 1. The predicted molar refractivity (Wildman–Crippen MR) is 71.3 cm³/mol. The van der Waals surface area contributed by atoms with E-state index in [1.807, 2.05) is 18.2 Å². The number of aromatic nitrogens is 1. The molecular formula is C12H11N3O2S. The number of nitro benzene ring substituents is 1. The lowest BCUT2D eigenvalue weighted by Crippen LogP contribution is -1.96. The van der Waals surface area contributed by atoms with Gasteiger partial charge in [-0.05, 0) is 23.8 Å². The Morgan fingerprint density at radius 3 is 2.83 bits per heavy atom. The molecule has 2 N–H and O–H groups in total. The lowest BCUT2D eigenvalue weighted by Gasteiger charge is -2.04. The summed E-state index contributed by atoms with van der Waals surface area (Å²) < 4.78 is 0. The van der Waals surface area contributed by atoms with E-state index in [1.54, 1.807) is 12.3 Å². The number of nitrogen functional groups attached to an aromatic ring is 1. The number of rotatable bonds is 4. The van der Waals surface area contributed by atoms with Crippen LogP contribution in [0.1, 0.15) is 5.56 Å². The average Bonchev–Trinajstić information content (AvgIpc) is 2.38. The molecule has 0 aliphatic heterocycles. The van der Waals surface area contributed by atoms with Crippen molar-refractivity contribution < 1.29 is 4.92 Å². The molecule has 2 aromatic rings. The highest BCUT2D eigenvalue weighted by Crippen LogP contribution is 2.26. The molecule has 0 bridgehead atoms. The molecule has 1 heterocycles. The van der Waals surface area contributed by atoms with Crippen LogP contribution < -0.4 is 5.73 Å². The lowest BCUT2D eigenvalue weighted by molar-refractivity contribution is -0.384. The number of nitrogens with two attached hydrogens (primary N) is 1. The van der Waals surface area contributed by atoms with Crippen molar-refractivity contribution in [3.8, 4) is 0 Å². The van der Waals surface area contributed by atoms with Gasteiger partial charge in [0.1, 0.15) is 0 Å². The number of nitrogens with zero attached hydrogens (tertiary/aromatic N) is 2. The largest absolute Gasteiger partial charge is 0.398 e. The quantitative estimate of drug-likeness (QED) is 0.396. The third kappa shape index (κ3) is 2.98. The van der Waals surface area contributed by atoms with Crippen LogP contribution in [-0.4, -0.2) is 9.91 Å². The minimum atomic E-state index is -0.422. The third-order valence-electron chi connectivity index (χ3n) is 2.35. The standard InChI is InChI=1S/C12H11N3O2S/c13-11-5-4-10(15(16)17)7-9(11)8-18-12-3-1-2-6-14-12/h1-7H,8,13H2. The highest BCUT2D eigenvalue weighted by Gasteiger charge is 2.09. The van der Waals surface area contributed by atoms with Crippen LogP contribution in [0.4, 0.5) is 11.4 Å². The molecule has 0 saturated heterocycles. The molecule has 0 fully saturated rings. The van der Waals surface area contributed by atoms with Gasteiger partial charge in [0.2, 0.25) is 0 Å². The van der Waals surface area contributed by atoms with Gasteiger partial charge in [0, 0.05) is 29.8 Å². The first-order valence-electron chi connectivity index (χ1n) is 5.23. The maximum Gasteiger partial charge on any atom is 0.269 e. The zero-order valence-corrected chi connectivity index (χ0v) is 10.3. The molecule has 0 radical (unpaired) electrons. The molecule has 0 saturated carbocycles. The van der Waals surface area contributed by atoms with Crippen LogP contribution in [0.3, 0.4) is 0 Å². The van der Waals surface area contributed by atoms with Crippen molar-refractivity contribution in [1.82, 2.24) is 4.98 Å². The Morgan fingerprint density at radius 2 is 2.17 bits per heavy atom. The minimum Gasteiger partial charge on any atom is -0.398 e. The first kappa shape index (κ1) is 12.4. The molecule has 0 atom stereocenters. The van der Waals surface area contributed by atoms with E-state index >= 15 is 0 Å². The molecule has 0 unspecified atom stereocenters. The van der Waals surface area contributed by atoms with Crippen LogP contribution in [0.5, 0.6) is 0 Å². The molecule has 0 amide bonds. The highest BCUT2D eigenvalue weighted by molar-refractivity contribution is 7.98. The smallest absolute Gasteiger partial charge is 0.269 e. The van der Waals surface area contributed by atoms with Crippen molar-refractivity contribution in [3.05, 3.63) is 58.3 Å². The Hall–Kier alpha value is -2.08. The molecule has 1 aromatic heterocycles. The van der Waals surface area contributed by atoms with Gasteiger partial charge in [-0.15, -0.1) is 11.8 Å². The summed E-state index contributed by atoms with van der Waals surface area (Å²) in [5.41, 5.74) is 7.16. The SMILES string of the molecule is Nc1ccc([N+](=O)[O-])cc1CSc1ccccn1. The van der Waals surface area contributed by atoms with Crippen molar-refractivity contribution in [1.29, 1.82) is 0 Å². The first-order valence-corrected chi connectivity index (χ1v) is 6.22. The summed E-state index contributed by atoms with van der Waals surface area (Å²) in [5, 5.41) is 11.5. The van der Waals surface area contributed by atoms with Gasteiger partial charge in [-0.3, -0.25) is 10.1 Å². The zero-order valence-electron chi connectivity index (χ0n) is 9.45. The van der Waals surface area contributed by atoms with Crippen LogP contribution in [0, 0.1) is 10.1 Å². The summed E-state index contributed by atoms with van der Waals surface area (Å²) in [4.78, 5) is 14.4. The minimum absolute atomic E-state index is 0.0563. The van der Waals surface area contributed by atoms with E-state index in [0.717, 1.165) is 10.6 Å². The van der Waals surface area contributed by atoms with Crippen LogP contribution >= 0.6 is 11.8 Å². The Labute approximate surface area is 108 Å². The van der Waals surface area contributed by atoms with E-state index in [0.29, 0.717) is 11.4 Å². The molecule has 5 nitrogen and oxygen atoms in total. The fraction of sp³-hybridized carbons (Fsp3) is 0.0833. The highest BCUT2D eigenvalue weighted by atomic mass is 32.2. The van der Waals surface area contributed by atoms with Crippen LogP contribution in [0.2, 0.25) is 0 Å². The van der Waals surface area contributed by atoms with E-state index < -0.39 is 4.92 Å². The van der Waals surface area contributed by atoms with E-state index in [-0.39, 0.29) is 5.69 Å². The molecular weight excluding hydrogens is 250 g/mol. The van der Waals surface area contributed by atoms with Crippen molar-refractivity contribution in [3.63, 3.8) is 0 Å². The second-order valence-electron chi connectivity index (χ2n) is 3.60. The predicted octanol–water partition coefficient (Wildman–Crippen LogP) is 2.86. The van der Waals surface area contributed by atoms with Gasteiger partial charge in [-0.25, -0.2) is 4.98 Å². The summed E-state index contributed by atoms with van der Waals surface area (Å²) in [7, 11) is 0. The third-order valence-corrected chi connectivity index (χ3v) is 3.34. The normalized spacial score (nSPS) is 10.2. The summed E-state index contributed by atoms with van der Waals surface area (Å²) >= 11 is 1.49. The molecule has 0 aliphatic carbocycles. The topological polar surface area (TPSA) is 82.0 Å². The van der Waals surface area contributed by atoms with Crippen LogP contribution in [-0.2, 0) is 5.75 Å². The second-order valence-corrected chi connectivity index (χ2v) is 4.59. The van der Waals surface area contributed by atoms with Gasteiger partial charge in [0.15, 0.2) is 0 Å². The van der Waals surface area contributed by atoms with Gasteiger partial charge in [-0.2, -0.15) is 0 Å². The molecule has 18 heavy (non-hydrogen) atoms. The number of anilines is 1. The molecule has 0 spiro atoms. The number of thioether (sulfide) groups is 1. The molecule has 0 aliphatic rings. The average molecular weight is 261 g/mol. The van der Waals surface area contributed by atoms with Gasteiger partial charge in [0.25, 0.3) is 5.69 Å². The number of non-ortho nitro benzene ring substituents is 1. The number of benzene rings is 1. The van der Waals surface area contributed by atoms with Crippen molar-refractivity contribution in [2.45, 2.75) is 10.8 Å². The molecule has 92 valence electrons. The Kier molecular flexibility index (Phi) is 3.78.